The fraction of sp³-hybridized carbons (Fsp3) is 0.818. The molecule has 90 valence electrons. The van der Waals surface area contributed by atoms with Gasteiger partial charge in [0.2, 0.25) is 0 Å². The van der Waals surface area contributed by atoms with Crippen molar-refractivity contribution in [3.8, 4) is 5.18 Å². The van der Waals surface area contributed by atoms with E-state index in [2.05, 4.69) is 23.7 Å². The van der Waals surface area contributed by atoms with Crippen LogP contribution in [0.25, 0.3) is 0 Å². The minimum atomic E-state index is -0.760. The first-order valence-electron chi connectivity index (χ1n) is 5.29. The van der Waals surface area contributed by atoms with Crippen LogP contribution in [0.2, 0.25) is 0 Å². The third kappa shape index (κ3) is 5.88. The van der Waals surface area contributed by atoms with Gasteiger partial charge in [0.15, 0.2) is 0 Å². The normalized spacial score (nSPS) is 14.7. The molecule has 0 heterocycles. The zero-order valence-corrected chi connectivity index (χ0v) is 10.9. The SMILES string of the molecule is CCC#[S-](C)CCC(C)[C@H](NC)C(=O)O. The molecular formula is C11H22NO2S-. The van der Waals surface area contributed by atoms with Gasteiger partial charge in [-0.05, 0) is 19.4 Å². The van der Waals surface area contributed by atoms with E-state index in [1.807, 2.05) is 6.92 Å². The predicted octanol–water partition coefficient (Wildman–Crippen LogP) is 1.30. The maximum atomic E-state index is 10.9. The van der Waals surface area contributed by atoms with Crippen LogP contribution in [0.5, 0.6) is 0 Å². The zero-order valence-electron chi connectivity index (χ0n) is 10.0. The molecule has 0 aliphatic carbocycles. The Morgan fingerprint density at radius 2 is 2.20 bits per heavy atom. The third-order valence-electron chi connectivity index (χ3n) is 2.42. The van der Waals surface area contributed by atoms with E-state index >= 15 is 0 Å². The highest BCUT2D eigenvalue weighted by Crippen LogP contribution is 2.08. The molecule has 0 aromatic heterocycles. The first-order valence-corrected chi connectivity index (χ1v) is 7.09. The lowest BCUT2D eigenvalue weighted by molar-refractivity contribution is -0.140. The molecule has 2 N–H and O–H groups in total. The number of hydrogen-bond donors (Lipinski definition) is 2. The molecule has 0 aliphatic heterocycles. The fourth-order valence-corrected chi connectivity index (χ4v) is 2.86. The standard InChI is InChI=1S/C11H22NO2S/c1-5-7-15(4)8-6-9(2)10(12-3)11(13)14/h9-10,12H,5-6,8H2,1-4H3,(H,13,14)/q-1/t9?,10-/m0/s1. The monoisotopic (exact) mass is 232 g/mol. The molecular weight excluding hydrogens is 210 g/mol. The van der Waals surface area contributed by atoms with Crippen LogP contribution in [-0.2, 0) is 15.1 Å². The molecule has 0 fully saturated rings. The highest BCUT2D eigenvalue weighted by molar-refractivity contribution is 7.85. The molecule has 4 heteroatoms. The number of rotatable bonds is 5. The Kier molecular flexibility index (Phi) is 7.57. The Morgan fingerprint density at radius 1 is 1.60 bits per heavy atom. The highest BCUT2D eigenvalue weighted by atomic mass is 32.2. The van der Waals surface area contributed by atoms with Gasteiger partial charge in [0.25, 0.3) is 0 Å². The van der Waals surface area contributed by atoms with E-state index in [9.17, 15) is 4.79 Å². The van der Waals surface area contributed by atoms with Crippen LogP contribution >= 0.6 is 0 Å². The first-order chi connectivity index (χ1) is 7.02. The highest BCUT2D eigenvalue weighted by Gasteiger charge is 2.20. The average molecular weight is 232 g/mol. The quantitative estimate of drug-likeness (QED) is 0.703. The summed E-state index contributed by atoms with van der Waals surface area (Å²) in [6.07, 6.45) is 4.07. The second-order valence-electron chi connectivity index (χ2n) is 3.71. The van der Waals surface area contributed by atoms with Crippen LogP contribution in [0.4, 0.5) is 0 Å². The number of likely N-dealkylation sites (N-methyl/N-ethyl adjacent to an activating group) is 1. The van der Waals surface area contributed by atoms with E-state index in [4.69, 9.17) is 5.11 Å². The van der Waals surface area contributed by atoms with E-state index in [0.29, 0.717) is 0 Å². The van der Waals surface area contributed by atoms with Gasteiger partial charge in [0.1, 0.15) is 6.04 Å². The van der Waals surface area contributed by atoms with Gasteiger partial charge in [-0.1, -0.05) is 20.3 Å². The van der Waals surface area contributed by atoms with Crippen LogP contribution in [0, 0.1) is 11.1 Å². The molecule has 0 aliphatic rings. The van der Waals surface area contributed by atoms with Crippen molar-refractivity contribution >= 4 is 16.3 Å². The summed E-state index contributed by atoms with van der Waals surface area (Å²) in [5, 5.41) is 15.1. The lowest BCUT2D eigenvalue weighted by Crippen LogP contribution is -2.39. The summed E-state index contributed by atoms with van der Waals surface area (Å²) < 4.78 is 0. The van der Waals surface area contributed by atoms with Gasteiger partial charge in [-0.3, -0.25) is 4.79 Å². The maximum absolute atomic E-state index is 10.9. The Labute approximate surface area is 94.8 Å². The van der Waals surface area contributed by atoms with Gasteiger partial charge in [-0.15, -0.1) is 12.0 Å². The molecule has 2 atom stereocenters. The third-order valence-corrected chi connectivity index (χ3v) is 4.05. The molecule has 0 spiro atoms. The van der Waals surface area contributed by atoms with Crippen molar-refractivity contribution < 1.29 is 9.90 Å². The van der Waals surface area contributed by atoms with Crippen molar-refractivity contribution in [2.75, 3.05) is 19.1 Å². The van der Waals surface area contributed by atoms with E-state index < -0.39 is 12.0 Å². The summed E-state index contributed by atoms with van der Waals surface area (Å²) in [5.41, 5.74) is 0. The van der Waals surface area contributed by atoms with Gasteiger partial charge in [0.05, 0.1) is 0 Å². The number of carboxylic acids is 1. The van der Waals surface area contributed by atoms with Crippen molar-refractivity contribution in [3.63, 3.8) is 0 Å². The summed E-state index contributed by atoms with van der Waals surface area (Å²) in [4.78, 5) is 10.9. The average Bonchev–Trinajstić information content (AvgIpc) is 2.15. The van der Waals surface area contributed by atoms with Crippen molar-refractivity contribution in [1.29, 1.82) is 0 Å². The van der Waals surface area contributed by atoms with E-state index in [1.54, 1.807) is 7.05 Å². The summed E-state index contributed by atoms with van der Waals surface area (Å²) in [5.74, 6) is 0.450. The molecule has 3 nitrogen and oxygen atoms in total. The molecule has 0 aromatic carbocycles. The first kappa shape index (κ1) is 14.6. The van der Waals surface area contributed by atoms with Gasteiger partial charge in [-0.2, -0.15) is 0 Å². The minimum absolute atomic E-state index is 0.168. The molecule has 0 saturated carbocycles. The molecule has 0 amide bonds. The maximum Gasteiger partial charge on any atom is 0.320 e. The van der Waals surface area contributed by atoms with E-state index in [0.717, 1.165) is 18.6 Å². The Morgan fingerprint density at radius 3 is 2.60 bits per heavy atom. The lowest BCUT2D eigenvalue weighted by atomic mass is 10.00. The number of carboxylic acid groups (broad SMARTS) is 1. The number of nitrogens with one attached hydrogen (secondary N) is 1. The van der Waals surface area contributed by atoms with E-state index in [1.165, 1.54) is 0 Å². The van der Waals surface area contributed by atoms with Gasteiger partial charge < -0.3 is 25.9 Å². The van der Waals surface area contributed by atoms with Crippen molar-refractivity contribution in [1.82, 2.24) is 5.32 Å². The zero-order chi connectivity index (χ0) is 11.8. The second kappa shape index (κ2) is 7.80. The van der Waals surface area contributed by atoms with Crippen molar-refractivity contribution in [2.24, 2.45) is 5.92 Å². The summed E-state index contributed by atoms with van der Waals surface area (Å²) in [6.45, 7) is 4.07. The van der Waals surface area contributed by atoms with E-state index in [-0.39, 0.29) is 16.2 Å². The number of carbonyl (C=O) groups is 1. The summed E-state index contributed by atoms with van der Waals surface area (Å²) in [6, 6.07) is -0.427. The van der Waals surface area contributed by atoms with Crippen LogP contribution in [-0.4, -0.2) is 36.2 Å². The molecule has 0 aromatic rings. The minimum Gasteiger partial charge on any atom is -0.480 e. The van der Waals surface area contributed by atoms with Crippen LogP contribution in [0.15, 0.2) is 0 Å². The van der Waals surface area contributed by atoms with Crippen LogP contribution < -0.4 is 5.32 Å². The van der Waals surface area contributed by atoms with Crippen LogP contribution in [0.1, 0.15) is 26.7 Å². The Bertz CT molecular complexity index is 277. The molecule has 0 radical (unpaired) electrons. The molecule has 0 rings (SSSR count). The van der Waals surface area contributed by atoms with Gasteiger partial charge in [0, 0.05) is 0 Å². The fourth-order valence-electron chi connectivity index (χ4n) is 1.50. The van der Waals surface area contributed by atoms with Crippen molar-refractivity contribution in [2.45, 2.75) is 32.7 Å². The summed E-state index contributed by atoms with van der Waals surface area (Å²) >= 11 is 0. The Hall–Kier alpha value is -0.440. The molecule has 0 bridgehead atoms. The second-order valence-corrected chi connectivity index (χ2v) is 5.68. The molecule has 0 saturated heterocycles. The van der Waals surface area contributed by atoms with Crippen molar-refractivity contribution in [3.05, 3.63) is 0 Å². The molecule has 1 unspecified atom stereocenters. The predicted molar refractivity (Wildman–Crippen MR) is 66.6 cm³/mol. The smallest absolute Gasteiger partial charge is 0.320 e. The largest absolute Gasteiger partial charge is 0.480 e. The molecule has 15 heavy (non-hydrogen) atoms. The topological polar surface area (TPSA) is 49.3 Å². The number of aliphatic carboxylic acids is 1. The number of hydrogen-bond acceptors (Lipinski definition) is 3. The lowest BCUT2D eigenvalue weighted by Gasteiger charge is -2.22. The van der Waals surface area contributed by atoms with Crippen LogP contribution in [0.3, 0.4) is 0 Å². The van der Waals surface area contributed by atoms with Gasteiger partial charge in [-0.25, -0.2) is 0 Å². The van der Waals surface area contributed by atoms with Gasteiger partial charge >= 0.3 is 5.97 Å². The summed E-state index contributed by atoms with van der Waals surface area (Å²) in [7, 11) is 1.91. The Balaban J connectivity index is 4.12.